The van der Waals surface area contributed by atoms with Gasteiger partial charge in [-0.15, -0.1) is 0 Å². The summed E-state index contributed by atoms with van der Waals surface area (Å²) in [4.78, 5) is 33.4. The second kappa shape index (κ2) is 8.93. The van der Waals surface area contributed by atoms with Crippen molar-refractivity contribution >= 4 is 17.3 Å². The van der Waals surface area contributed by atoms with Crippen molar-refractivity contribution in [1.82, 2.24) is 25.0 Å². The number of fused-ring (bicyclic) bond motifs is 1. The smallest absolute Gasteiger partial charge is 0.287 e. The van der Waals surface area contributed by atoms with Gasteiger partial charge >= 0.3 is 0 Å². The van der Waals surface area contributed by atoms with Crippen LogP contribution >= 0.6 is 0 Å². The number of nitrogens with zero attached hydrogens (tertiary/aromatic N) is 3. The summed E-state index contributed by atoms with van der Waals surface area (Å²) in [6.45, 7) is 3.07. The van der Waals surface area contributed by atoms with E-state index in [1.807, 2.05) is 18.2 Å². The van der Waals surface area contributed by atoms with Gasteiger partial charge in [0.05, 0.1) is 5.52 Å². The van der Waals surface area contributed by atoms with Crippen LogP contribution in [0.2, 0.25) is 0 Å². The minimum Gasteiger partial charge on any atom is -0.351 e. The summed E-state index contributed by atoms with van der Waals surface area (Å²) >= 11 is 0. The van der Waals surface area contributed by atoms with Crippen LogP contribution in [-0.4, -0.2) is 32.7 Å². The molecule has 3 aromatic heterocycles. The molecule has 0 aliphatic rings. The number of amides is 2. The van der Waals surface area contributed by atoms with E-state index < -0.39 is 0 Å². The second-order valence-corrected chi connectivity index (χ2v) is 6.24. The first-order valence-electron chi connectivity index (χ1n) is 9.13. The third-order valence-electron chi connectivity index (χ3n) is 4.23. The van der Waals surface area contributed by atoms with Crippen LogP contribution < -0.4 is 10.6 Å². The van der Waals surface area contributed by atoms with E-state index in [1.165, 1.54) is 0 Å². The van der Waals surface area contributed by atoms with Crippen LogP contribution in [0.3, 0.4) is 0 Å². The van der Waals surface area contributed by atoms with Crippen molar-refractivity contribution < 1.29 is 9.59 Å². The molecule has 0 radical (unpaired) electrons. The van der Waals surface area contributed by atoms with Crippen molar-refractivity contribution in [2.24, 2.45) is 0 Å². The Bertz CT molecular complexity index is 921. The number of pyridine rings is 2. The van der Waals surface area contributed by atoms with Gasteiger partial charge in [-0.05, 0) is 36.2 Å². The molecule has 2 N–H and O–H groups in total. The molecule has 3 heterocycles. The number of carbonyl (C=O) groups is 2. The Balaban J connectivity index is 1.77. The molecule has 7 heteroatoms. The topological polar surface area (TPSA) is 88.4 Å². The molecular formula is C20H23N5O2. The highest BCUT2D eigenvalue weighted by Gasteiger charge is 2.21. The van der Waals surface area contributed by atoms with Crippen LogP contribution in [0.5, 0.6) is 0 Å². The third kappa shape index (κ3) is 4.49. The van der Waals surface area contributed by atoms with E-state index in [-0.39, 0.29) is 23.3 Å². The Morgan fingerprint density at radius 2 is 1.85 bits per heavy atom. The normalized spacial score (nSPS) is 10.7. The van der Waals surface area contributed by atoms with E-state index in [9.17, 15) is 9.59 Å². The second-order valence-electron chi connectivity index (χ2n) is 6.24. The minimum atomic E-state index is -0.335. The maximum atomic E-state index is 12.6. The lowest BCUT2D eigenvalue weighted by atomic mass is 10.2. The maximum Gasteiger partial charge on any atom is 0.287 e. The molecule has 0 spiro atoms. The largest absolute Gasteiger partial charge is 0.351 e. The fourth-order valence-electron chi connectivity index (χ4n) is 2.79. The molecule has 0 bridgehead atoms. The van der Waals surface area contributed by atoms with Gasteiger partial charge in [-0.3, -0.25) is 19.0 Å². The molecule has 7 nitrogen and oxygen atoms in total. The fraction of sp³-hybridized carbons (Fsp3) is 0.300. The third-order valence-corrected chi connectivity index (χ3v) is 4.23. The van der Waals surface area contributed by atoms with Crippen molar-refractivity contribution in [1.29, 1.82) is 0 Å². The number of hydrogen-bond acceptors (Lipinski definition) is 4. The van der Waals surface area contributed by atoms with Crippen molar-refractivity contribution in [3.8, 4) is 0 Å². The van der Waals surface area contributed by atoms with E-state index in [2.05, 4.69) is 27.5 Å². The highest BCUT2D eigenvalue weighted by atomic mass is 16.2. The Hall–Kier alpha value is -3.22. The molecule has 0 fully saturated rings. The first kappa shape index (κ1) is 18.6. The lowest BCUT2D eigenvalue weighted by Gasteiger charge is -2.04. The SMILES string of the molecule is CCCCCNC(=O)c1nc(C(=O)NCc2ccncc2)n2ccccc12. The lowest BCUT2D eigenvalue weighted by molar-refractivity contribution is 0.0939. The van der Waals surface area contributed by atoms with Crippen molar-refractivity contribution in [3.05, 3.63) is 66.0 Å². The monoisotopic (exact) mass is 365 g/mol. The summed E-state index contributed by atoms with van der Waals surface area (Å²) in [6.07, 6.45) is 8.16. The number of unbranched alkanes of at least 4 members (excludes halogenated alkanes) is 2. The average molecular weight is 365 g/mol. The van der Waals surface area contributed by atoms with Gasteiger partial charge in [0.15, 0.2) is 5.69 Å². The number of imidazole rings is 1. The van der Waals surface area contributed by atoms with E-state index in [0.29, 0.717) is 18.6 Å². The molecule has 3 rings (SSSR count). The molecule has 0 aromatic carbocycles. The first-order valence-corrected chi connectivity index (χ1v) is 9.13. The predicted octanol–water partition coefficient (Wildman–Crippen LogP) is 2.58. The van der Waals surface area contributed by atoms with Gasteiger partial charge in [0, 0.05) is 31.7 Å². The quantitative estimate of drug-likeness (QED) is 0.601. The standard InChI is InChI=1S/C20H23N5O2/c1-2-3-5-10-22-19(26)17-16-7-4-6-13-25(16)18(24-17)20(27)23-14-15-8-11-21-12-9-15/h4,6-9,11-13H,2-3,5,10,14H2,1H3,(H,22,26)(H,23,27). The van der Waals surface area contributed by atoms with E-state index in [4.69, 9.17) is 0 Å². The minimum absolute atomic E-state index is 0.193. The van der Waals surface area contributed by atoms with Crippen LogP contribution in [0, 0.1) is 0 Å². The number of nitrogens with one attached hydrogen (secondary N) is 2. The van der Waals surface area contributed by atoms with Gasteiger partial charge in [0.25, 0.3) is 11.8 Å². The molecule has 140 valence electrons. The summed E-state index contributed by atoms with van der Waals surface area (Å²) in [5.41, 5.74) is 1.81. The number of carbonyl (C=O) groups excluding carboxylic acids is 2. The summed E-state index contributed by atoms with van der Waals surface area (Å²) in [5.74, 6) is -0.403. The molecule has 0 saturated heterocycles. The number of hydrogen-bond donors (Lipinski definition) is 2. The van der Waals surface area contributed by atoms with Gasteiger partial charge in [0.1, 0.15) is 0 Å². The zero-order valence-corrected chi connectivity index (χ0v) is 15.3. The lowest BCUT2D eigenvalue weighted by Crippen LogP contribution is -2.26. The molecular weight excluding hydrogens is 342 g/mol. The van der Waals surface area contributed by atoms with Crippen molar-refractivity contribution in [2.45, 2.75) is 32.7 Å². The van der Waals surface area contributed by atoms with Crippen LogP contribution in [0.15, 0.2) is 48.9 Å². The first-order chi connectivity index (χ1) is 13.2. The van der Waals surface area contributed by atoms with Crippen LogP contribution in [-0.2, 0) is 6.54 Å². The highest BCUT2D eigenvalue weighted by Crippen LogP contribution is 2.13. The molecule has 0 unspecified atom stereocenters. The van der Waals surface area contributed by atoms with Crippen molar-refractivity contribution in [3.63, 3.8) is 0 Å². The molecule has 0 saturated carbocycles. The zero-order valence-electron chi connectivity index (χ0n) is 15.3. The molecule has 3 aromatic rings. The van der Waals surface area contributed by atoms with Gasteiger partial charge in [-0.1, -0.05) is 25.8 Å². The number of rotatable bonds is 8. The Morgan fingerprint density at radius 3 is 2.63 bits per heavy atom. The summed E-state index contributed by atoms with van der Waals surface area (Å²) in [7, 11) is 0. The van der Waals surface area contributed by atoms with E-state index >= 15 is 0 Å². The van der Waals surface area contributed by atoms with Gasteiger partial charge in [-0.2, -0.15) is 0 Å². The zero-order chi connectivity index (χ0) is 19.1. The summed E-state index contributed by atoms with van der Waals surface area (Å²) < 4.78 is 1.64. The Kier molecular flexibility index (Phi) is 6.14. The number of aromatic nitrogens is 3. The fourth-order valence-corrected chi connectivity index (χ4v) is 2.79. The van der Waals surface area contributed by atoms with E-state index in [1.54, 1.807) is 35.1 Å². The average Bonchev–Trinajstić information content (AvgIpc) is 3.10. The Morgan fingerprint density at radius 1 is 1.04 bits per heavy atom. The Labute approximate surface area is 157 Å². The molecule has 27 heavy (non-hydrogen) atoms. The van der Waals surface area contributed by atoms with Gasteiger partial charge in [-0.25, -0.2) is 4.98 Å². The predicted molar refractivity (Wildman–Crippen MR) is 102 cm³/mol. The van der Waals surface area contributed by atoms with Gasteiger partial charge < -0.3 is 10.6 Å². The van der Waals surface area contributed by atoms with Crippen LogP contribution in [0.4, 0.5) is 0 Å². The molecule has 0 aliphatic carbocycles. The molecule has 0 atom stereocenters. The summed E-state index contributed by atoms with van der Waals surface area (Å²) in [6, 6.07) is 9.08. The maximum absolute atomic E-state index is 12.6. The molecule has 0 aliphatic heterocycles. The summed E-state index contributed by atoms with van der Waals surface area (Å²) in [5, 5.41) is 5.72. The molecule has 2 amide bonds. The van der Waals surface area contributed by atoms with Crippen LogP contribution in [0.25, 0.3) is 5.52 Å². The van der Waals surface area contributed by atoms with E-state index in [0.717, 1.165) is 24.8 Å². The van der Waals surface area contributed by atoms with Crippen LogP contribution in [0.1, 0.15) is 52.9 Å². The highest BCUT2D eigenvalue weighted by molar-refractivity contribution is 6.02. The van der Waals surface area contributed by atoms with Crippen molar-refractivity contribution in [2.75, 3.05) is 6.54 Å². The van der Waals surface area contributed by atoms with Gasteiger partial charge in [0.2, 0.25) is 5.82 Å².